The number of benzene rings is 2. The van der Waals surface area contributed by atoms with Crippen LogP contribution in [0.3, 0.4) is 0 Å². The average Bonchev–Trinajstić information content (AvgIpc) is 2.63. The first kappa shape index (κ1) is 21.0. The van der Waals surface area contributed by atoms with Crippen LogP contribution in [0.2, 0.25) is 0 Å². The third-order valence-electron chi connectivity index (χ3n) is 4.81. The standard InChI is InChI=1S/C23H32N2O2/c1-7-12-23(5,26)19-10-9-11-20(15-19)27-22-14-17(3)21(13-18(22)4)24-16-25(6)8-2/h9-11,13-16,26H,7-8,12H2,1-6H3. The summed E-state index contributed by atoms with van der Waals surface area (Å²) in [6, 6.07) is 11.8. The number of nitrogens with zero attached hydrogens (tertiary/aromatic N) is 2. The number of aliphatic hydroxyl groups is 1. The molecule has 0 aliphatic heterocycles. The second kappa shape index (κ2) is 9.05. The van der Waals surface area contributed by atoms with Crippen LogP contribution in [-0.2, 0) is 5.60 Å². The summed E-state index contributed by atoms with van der Waals surface area (Å²) in [5.74, 6) is 1.54. The van der Waals surface area contributed by atoms with E-state index in [1.807, 2.05) is 75.5 Å². The van der Waals surface area contributed by atoms with Crippen LogP contribution in [-0.4, -0.2) is 29.9 Å². The van der Waals surface area contributed by atoms with Crippen molar-refractivity contribution in [2.45, 2.75) is 53.1 Å². The molecule has 0 heterocycles. The van der Waals surface area contributed by atoms with Gasteiger partial charge in [0, 0.05) is 13.6 Å². The Kier molecular flexibility index (Phi) is 7.03. The van der Waals surface area contributed by atoms with Crippen LogP contribution in [0.1, 0.15) is 50.3 Å². The minimum absolute atomic E-state index is 0.716. The predicted molar refractivity (Wildman–Crippen MR) is 113 cm³/mol. The Morgan fingerprint density at radius 1 is 1.15 bits per heavy atom. The molecule has 0 spiro atoms. The van der Waals surface area contributed by atoms with Gasteiger partial charge in [0.2, 0.25) is 0 Å². The van der Waals surface area contributed by atoms with Gasteiger partial charge >= 0.3 is 0 Å². The van der Waals surface area contributed by atoms with Gasteiger partial charge in [0.05, 0.1) is 17.6 Å². The van der Waals surface area contributed by atoms with E-state index in [1.165, 1.54) is 0 Å². The first-order valence-corrected chi connectivity index (χ1v) is 9.63. The molecule has 2 rings (SSSR count). The fraction of sp³-hybridized carbons (Fsp3) is 0.435. The number of hydrogen-bond donors (Lipinski definition) is 1. The molecule has 0 radical (unpaired) electrons. The summed E-state index contributed by atoms with van der Waals surface area (Å²) in [6.07, 6.45) is 3.49. The Morgan fingerprint density at radius 2 is 1.89 bits per heavy atom. The lowest BCUT2D eigenvalue weighted by molar-refractivity contribution is 0.0468. The molecule has 0 aromatic heterocycles. The number of aryl methyl sites for hydroxylation is 2. The fourth-order valence-corrected chi connectivity index (χ4v) is 2.92. The number of aliphatic imine (C=N–C) groups is 1. The molecule has 4 heteroatoms. The molecule has 1 atom stereocenters. The van der Waals surface area contributed by atoms with Gasteiger partial charge in [-0.3, -0.25) is 0 Å². The van der Waals surface area contributed by atoms with Gasteiger partial charge in [0.1, 0.15) is 11.5 Å². The molecule has 4 nitrogen and oxygen atoms in total. The topological polar surface area (TPSA) is 45.1 Å². The van der Waals surface area contributed by atoms with Crippen molar-refractivity contribution in [3.63, 3.8) is 0 Å². The smallest absolute Gasteiger partial charge is 0.130 e. The molecule has 2 aromatic rings. The molecule has 146 valence electrons. The maximum absolute atomic E-state index is 10.7. The molecular formula is C23H32N2O2. The Morgan fingerprint density at radius 3 is 2.56 bits per heavy atom. The molecule has 27 heavy (non-hydrogen) atoms. The predicted octanol–water partition coefficient (Wildman–Crippen LogP) is 5.71. The van der Waals surface area contributed by atoms with E-state index in [2.05, 4.69) is 18.8 Å². The maximum Gasteiger partial charge on any atom is 0.130 e. The van der Waals surface area contributed by atoms with E-state index < -0.39 is 5.60 Å². The zero-order valence-electron chi connectivity index (χ0n) is 17.4. The van der Waals surface area contributed by atoms with E-state index in [4.69, 9.17) is 4.74 Å². The van der Waals surface area contributed by atoms with Gasteiger partial charge in [-0.15, -0.1) is 0 Å². The van der Waals surface area contributed by atoms with Crippen molar-refractivity contribution in [2.75, 3.05) is 13.6 Å². The van der Waals surface area contributed by atoms with Gasteiger partial charge in [-0.2, -0.15) is 0 Å². The largest absolute Gasteiger partial charge is 0.457 e. The van der Waals surface area contributed by atoms with E-state index in [0.29, 0.717) is 6.42 Å². The SMILES string of the molecule is CCCC(C)(O)c1cccc(Oc2cc(C)c(N=CN(C)CC)cc2C)c1. The Bertz CT molecular complexity index is 797. The zero-order chi connectivity index (χ0) is 20.0. The molecular weight excluding hydrogens is 336 g/mol. The summed E-state index contributed by atoms with van der Waals surface area (Å²) in [5, 5.41) is 10.7. The van der Waals surface area contributed by atoms with Crippen molar-refractivity contribution < 1.29 is 9.84 Å². The lowest BCUT2D eigenvalue weighted by atomic mass is 9.91. The first-order chi connectivity index (χ1) is 12.8. The third kappa shape index (κ3) is 5.57. The van der Waals surface area contributed by atoms with Crippen LogP contribution < -0.4 is 4.74 Å². The second-order valence-corrected chi connectivity index (χ2v) is 7.38. The van der Waals surface area contributed by atoms with Crippen molar-refractivity contribution in [1.29, 1.82) is 0 Å². The normalized spacial score (nSPS) is 13.6. The zero-order valence-corrected chi connectivity index (χ0v) is 17.4. The molecule has 1 unspecified atom stereocenters. The van der Waals surface area contributed by atoms with E-state index in [1.54, 1.807) is 0 Å². The Labute approximate surface area is 163 Å². The van der Waals surface area contributed by atoms with Crippen LogP contribution in [0.15, 0.2) is 41.4 Å². The molecule has 0 amide bonds. The molecule has 0 bridgehead atoms. The molecule has 2 aromatic carbocycles. The van der Waals surface area contributed by atoms with Gasteiger partial charge in [-0.1, -0.05) is 25.5 Å². The van der Waals surface area contributed by atoms with Gasteiger partial charge in [-0.05, 0) is 75.1 Å². The van der Waals surface area contributed by atoms with E-state index in [-0.39, 0.29) is 0 Å². The summed E-state index contributed by atoms with van der Waals surface area (Å²) in [6.45, 7) is 11.0. The van der Waals surface area contributed by atoms with E-state index in [0.717, 1.165) is 46.8 Å². The summed E-state index contributed by atoms with van der Waals surface area (Å²) >= 11 is 0. The second-order valence-electron chi connectivity index (χ2n) is 7.38. The number of ether oxygens (including phenoxy) is 1. The number of hydrogen-bond acceptors (Lipinski definition) is 3. The highest BCUT2D eigenvalue weighted by atomic mass is 16.5. The van der Waals surface area contributed by atoms with Crippen molar-refractivity contribution >= 4 is 12.0 Å². The summed E-state index contributed by atoms with van der Waals surface area (Å²) in [5.41, 5.74) is 3.06. The minimum Gasteiger partial charge on any atom is -0.457 e. The quantitative estimate of drug-likeness (QED) is 0.479. The summed E-state index contributed by atoms with van der Waals surface area (Å²) in [7, 11) is 2.00. The molecule has 0 saturated carbocycles. The van der Waals surface area contributed by atoms with Crippen LogP contribution in [0, 0.1) is 13.8 Å². The molecule has 1 N–H and O–H groups in total. The van der Waals surface area contributed by atoms with Crippen LogP contribution in [0.5, 0.6) is 11.5 Å². The van der Waals surface area contributed by atoms with E-state index in [9.17, 15) is 5.11 Å². The molecule has 0 aliphatic rings. The summed E-state index contributed by atoms with van der Waals surface area (Å²) in [4.78, 5) is 6.60. The lowest BCUT2D eigenvalue weighted by Gasteiger charge is -2.24. The van der Waals surface area contributed by atoms with Crippen molar-refractivity contribution in [3.8, 4) is 11.5 Å². The van der Waals surface area contributed by atoms with Crippen LogP contribution in [0.25, 0.3) is 0 Å². The first-order valence-electron chi connectivity index (χ1n) is 9.63. The monoisotopic (exact) mass is 368 g/mol. The van der Waals surface area contributed by atoms with Crippen LogP contribution in [0.4, 0.5) is 5.69 Å². The van der Waals surface area contributed by atoms with Gasteiger partial charge in [0.25, 0.3) is 0 Å². The number of rotatable bonds is 8. The highest BCUT2D eigenvalue weighted by Crippen LogP contribution is 2.34. The van der Waals surface area contributed by atoms with Gasteiger partial charge < -0.3 is 14.7 Å². The average molecular weight is 369 g/mol. The highest BCUT2D eigenvalue weighted by molar-refractivity contribution is 5.64. The van der Waals surface area contributed by atoms with Crippen molar-refractivity contribution in [1.82, 2.24) is 4.90 Å². The molecule has 0 saturated heterocycles. The minimum atomic E-state index is -0.844. The maximum atomic E-state index is 10.7. The molecule has 0 fully saturated rings. The fourth-order valence-electron chi connectivity index (χ4n) is 2.92. The molecule has 0 aliphatic carbocycles. The lowest BCUT2D eigenvalue weighted by Crippen LogP contribution is -2.20. The summed E-state index contributed by atoms with van der Waals surface area (Å²) < 4.78 is 6.13. The Balaban J connectivity index is 2.25. The van der Waals surface area contributed by atoms with Crippen LogP contribution >= 0.6 is 0 Å². The van der Waals surface area contributed by atoms with E-state index >= 15 is 0 Å². The third-order valence-corrected chi connectivity index (χ3v) is 4.81. The van der Waals surface area contributed by atoms with Gasteiger partial charge in [-0.25, -0.2) is 4.99 Å². The Hall–Kier alpha value is -2.33. The highest BCUT2D eigenvalue weighted by Gasteiger charge is 2.22. The van der Waals surface area contributed by atoms with Crippen molar-refractivity contribution in [3.05, 3.63) is 53.1 Å². The van der Waals surface area contributed by atoms with Crippen molar-refractivity contribution in [2.24, 2.45) is 4.99 Å². The van der Waals surface area contributed by atoms with Gasteiger partial charge in [0.15, 0.2) is 0 Å².